The van der Waals surface area contributed by atoms with Crippen LogP contribution in [0.3, 0.4) is 0 Å². The molecule has 0 saturated carbocycles. The number of nitrogen functional groups attached to an aromatic ring is 1. The van der Waals surface area contributed by atoms with E-state index in [2.05, 4.69) is 11.8 Å². The minimum atomic E-state index is -0.0309. The highest BCUT2D eigenvalue weighted by molar-refractivity contribution is 5.95. The Labute approximate surface area is 120 Å². The smallest absolute Gasteiger partial charge is 0.253 e. The number of nitrogens with zero attached hydrogens (tertiary/aromatic N) is 2. The molecule has 1 aromatic rings. The van der Waals surface area contributed by atoms with E-state index in [0.717, 1.165) is 31.8 Å². The van der Waals surface area contributed by atoms with Gasteiger partial charge in [-0.3, -0.25) is 4.79 Å². The maximum absolute atomic E-state index is 11.9. The van der Waals surface area contributed by atoms with E-state index in [1.807, 2.05) is 12.1 Å². The summed E-state index contributed by atoms with van der Waals surface area (Å²) in [5.41, 5.74) is 8.38. The Bertz CT molecular complexity index is 488. The number of anilines is 2. The van der Waals surface area contributed by atoms with Gasteiger partial charge in [0.2, 0.25) is 0 Å². The van der Waals surface area contributed by atoms with Crippen molar-refractivity contribution in [3.8, 4) is 0 Å². The Morgan fingerprint density at radius 2 is 2.25 bits per heavy atom. The second-order valence-corrected chi connectivity index (χ2v) is 5.32. The van der Waals surface area contributed by atoms with Crippen LogP contribution in [0.2, 0.25) is 0 Å². The predicted octanol–water partition coefficient (Wildman–Crippen LogP) is 1.59. The lowest BCUT2D eigenvalue weighted by Crippen LogP contribution is -2.42. The Morgan fingerprint density at radius 1 is 1.50 bits per heavy atom. The average molecular weight is 277 g/mol. The van der Waals surface area contributed by atoms with E-state index < -0.39 is 0 Å². The van der Waals surface area contributed by atoms with Gasteiger partial charge in [-0.2, -0.15) is 0 Å². The Kier molecular flexibility index (Phi) is 4.49. The zero-order chi connectivity index (χ0) is 14.7. The van der Waals surface area contributed by atoms with Crippen molar-refractivity contribution in [2.24, 2.45) is 0 Å². The predicted molar refractivity (Wildman–Crippen MR) is 81.1 cm³/mol. The fraction of sp³-hybridized carbons (Fsp3) is 0.533. The summed E-state index contributed by atoms with van der Waals surface area (Å²) < 4.78 is 5.67. The van der Waals surface area contributed by atoms with E-state index in [0.29, 0.717) is 11.3 Å². The third kappa shape index (κ3) is 3.04. The first-order valence-electron chi connectivity index (χ1n) is 7.00. The van der Waals surface area contributed by atoms with Gasteiger partial charge in [0.05, 0.1) is 24.1 Å². The normalized spacial score (nSPS) is 18.9. The Hall–Kier alpha value is -1.75. The monoisotopic (exact) mass is 277 g/mol. The number of rotatable bonds is 3. The minimum Gasteiger partial charge on any atom is -0.397 e. The Balaban J connectivity index is 2.19. The molecular formula is C15H23N3O2. The maximum Gasteiger partial charge on any atom is 0.253 e. The third-order valence-corrected chi connectivity index (χ3v) is 3.62. The maximum atomic E-state index is 11.9. The lowest BCUT2D eigenvalue weighted by Gasteiger charge is -2.34. The minimum absolute atomic E-state index is 0.0309. The van der Waals surface area contributed by atoms with Crippen molar-refractivity contribution in [1.29, 1.82) is 0 Å². The van der Waals surface area contributed by atoms with Gasteiger partial charge in [-0.1, -0.05) is 6.92 Å². The zero-order valence-electron chi connectivity index (χ0n) is 12.4. The summed E-state index contributed by atoms with van der Waals surface area (Å²) in [6.45, 7) is 4.52. The van der Waals surface area contributed by atoms with Gasteiger partial charge in [-0.25, -0.2) is 0 Å². The molecule has 20 heavy (non-hydrogen) atoms. The first-order chi connectivity index (χ1) is 9.52. The number of benzene rings is 1. The van der Waals surface area contributed by atoms with Crippen LogP contribution in [0, 0.1) is 0 Å². The van der Waals surface area contributed by atoms with Crippen molar-refractivity contribution < 1.29 is 9.53 Å². The average Bonchev–Trinajstić information content (AvgIpc) is 2.46. The molecule has 0 radical (unpaired) electrons. The van der Waals surface area contributed by atoms with Crippen LogP contribution >= 0.6 is 0 Å². The van der Waals surface area contributed by atoms with E-state index in [9.17, 15) is 4.79 Å². The molecule has 2 N–H and O–H groups in total. The largest absolute Gasteiger partial charge is 0.397 e. The number of carbonyl (C=O) groups excluding carboxylic acids is 1. The summed E-state index contributed by atoms with van der Waals surface area (Å²) in [5.74, 6) is -0.0309. The van der Waals surface area contributed by atoms with Crippen molar-refractivity contribution in [3.63, 3.8) is 0 Å². The molecule has 1 fully saturated rings. The molecule has 0 aliphatic carbocycles. The van der Waals surface area contributed by atoms with E-state index in [1.165, 1.54) is 0 Å². The van der Waals surface area contributed by atoms with Crippen LogP contribution in [-0.4, -0.2) is 50.7 Å². The van der Waals surface area contributed by atoms with Crippen molar-refractivity contribution in [2.75, 3.05) is 44.4 Å². The van der Waals surface area contributed by atoms with Crippen molar-refractivity contribution >= 4 is 17.3 Å². The van der Waals surface area contributed by atoms with Gasteiger partial charge in [-0.15, -0.1) is 0 Å². The van der Waals surface area contributed by atoms with Gasteiger partial charge < -0.3 is 20.3 Å². The molecular weight excluding hydrogens is 254 g/mol. The third-order valence-electron chi connectivity index (χ3n) is 3.62. The summed E-state index contributed by atoms with van der Waals surface area (Å²) in [6.07, 6.45) is 1.25. The van der Waals surface area contributed by atoms with Gasteiger partial charge in [0.25, 0.3) is 5.91 Å². The van der Waals surface area contributed by atoms with E-state index in [1.54, 1.807) is 25.1 Å². The van der Waals surface area contributed by atoms with Crippen LogP contribution in [0.1, 0.15) is 23.7 Å². The molecule has 5 heteroatoms. The molecule has 5 nitrogen and oxygen atoms in total. The quantitative estimate of drug-likeness (QED) is 0.852. The SMILES string of the molecule is CCC1CN(c2ccc(C(=O)N(C)C)cc2N)CCO1. The number of morpholine rings is 1. The second-order valence-electron chi connectivity index (χ2n) is 5.32. The molecule has 0 spiro atoms. The van der Waals surface area contributed by atoms with Gasteiger partial charge in [0.15, 0.2) is 0 Å². The van der Waals surface area contributed by atoms with Crippen molar-refractivity contribution in [1.82, 2.24) is 4.90 Å². The lowest BCUT2D eigenvalue weighted by atomic mass is 10.1. The van der Waals surface area contributed by atoms with Gasteiger partial charge >= 0.3 is 0 Å². The fourth-order valence-corrected chi connectivity index (χ4v) is 2.42. The summed E-state index contributed by atoms with van der Waals surface area (Å²) in [4.78, 5) is 15.7. The standard InChI is InChI=1S/C15H23N3O2/c1-4-12-10-18(7-8-20-12)14-6-5-11(9-13(14)16)15(19)17(2)3/h5-6,9,12H,4,7-8,10,16H2,1-3H3. The summed E-state index contributed by atoms with van der Waals surface area (Å²) >= 11 is 0. The first-order valence-corrected chi connectivity index (χ1v) is 7.00. The summed E-state index contributed by atoms with van der Waals surface area (Å²) in [5, 5.41) is 0. The second kappa shape index (κ2) is 6.13. The number of ether oxygens (including phenoxy) is 1. The number of nitrogens with two attached hydrogens (primary N) is 1. The molecule has 1 aliphatic heterocycles. The molecule has 1 aromatic carbocycles. The van der Waals surface area contributed by atoms with Crippen molar-refractivity contribution in [2.45, 2.75) is 19.4 Å². The highest BCUT2D eigenvalue weighted by Gasteiger charge is 2.21. The van der Waals surface area contributed by atoms with Crippen LogP contribution in [0.4, 0.5) is 11.4 Å². The molecule has 2 rings (SSSR count). The number of hydrogen-bond acceptors (Lipinski definition) is 4. The Morgan fingerprint density at radius 3 is 2.85 bits per heavy atom. The highest BCUT2D eigenvalue weighted by Crippen LogP contribution is 2.27. The van der Waals surface area contributed by atoms with Crippen LogP contribution in [0.5, 0.6) is 0 Å². The first kappa shape index (κ1) is 14.7. The molecule has 1 amide bonds. The van der Waals surface area contributed by atoms with E-state index in [4.69, 9.17) is 10.5 Å². The molecule has 110 valence electrons. The van der Waals surface area contributed by atoms with Crippen LogP contribution < -0.4 is 10.6 Å². The van der Waals surface area contributed by atoms with E-state index >= 15 is 0 Å². The zero-order valence-corrected chi connectivity index (χ0v) is 12.4. The number of hydrogen-bond donors (Lipinski definition) is 1. The lowest BCUT2D eigenvalue weighted by molar-refractivity contribution is 0.0385. The highest BCUT2D eigenvalue weighted by atomic mass is 16.5. The molecule has 0 aromatic heterocycles. The number of amides is 1. The van der Waals surface area contributed by atoms with E-state index in [-0.39, 0.29) is 12.0 Å². The van der Waals surface area contributed by atoms with Gasteiger partial charge in [-0.05, 0) is 24.6 Å². The molecule has 0 bridgehead atoms. The topological polar surface area (TPSA) is 58.8 Å². The van der Waals surface area contributed by atoms with Gasteiger partial charge in [0.1, 0.15) is 0 Å². The van der Waals surface area contributed by atoms with Crippen LogP contribution in [0.25, 0.3) is 0 Å². The summed E-state index contributed by atoms with van der Waals surface area (Å²) in [7, 11) is 3.47. The molecule has 1 atom stereocenters. The summed E-state index contributed by atoms with van der Waals surface area (Å²) in [6, 6.07) is 5.53. The van der Waals surface area contributed by atoms with Crippen molar-refractivity contribution in [3.05, 3.63) is 23.8 Å². The molecule has 1 aliphatic rings. The number of carbonyl (C=O) groups is 1. The molecule has 1 unspecified atom stereocenters. The molecule has 1 heterocycles. The fourth-order valence-electron chi connectivity index (χ4n) is 2.42. The van der Waals surface area contributed by atoms with Crippen LogP contribution in [0.15, 0.2) is 18.2 Å². The van der Waals surface area contributed by atoms with Crippen LogP contribution in [-0.2, 0) is 4.74 Å². The van der Waals surface area contributed by atoms with Gasteiger partial charge in [0, 0.05) is 32.7 Å². The molecule has 1 saturated heterocycles.